The third-order valence-corrected chi connectivity index (χ3v) is 2.57. The SMILES string of the molecule is O=C1CCC(O)CN1Cc1cccnc1. The van der Waals surface area contributed by atoms with Crippen LogP contribution in [0.25, 0.3) is 0 Å². The largest absolute Gasteiger partial charge is 0.391 e. The van der Waals surface area contributed by atoms with Crippen molar-refractivity contribution in [2.45, 2.75) is 25.5 Å². The highest BCUT2D eigenvalue weighted by molar-refractivity contribution is 5.77. The van der Waals surface area contributed by atoms with Gasteiger partial charge in [0.2, 0.25) is 5.91 Å². The van der Waals surface area contributed by atoms with Crippen molar-refractivity contribution in [3.8, 4) is 0 Å². The zero-order valence-corrected chi connectivity index (χ0v) is 8.47. The fraction of sp³-hybridized carbons (Fsp3) is 0.455. The molecule has 4 heteroatoms. The first-order valence-corrected chi connectivity index (χ1v) is 5.10. The van der Waals surface area contributed by atoms with Crippen LogP contribution in [0.5, 0.6) is 0 Å². The highest BCUT2D eigenvalue weighted by atomic mass is 16.3. The summed E-state index contributed by atoms with van der Waals surface area (Å²) in [6.07, 6.45) is 4.11. The summed E-state index contributed by atoms with van der Waals surface area (Å²) in [4.78, 5) is 17.2. The molecule has 1 aliphatic heterocycles. The van der Waals surface area contributed by atoms with E-state index < -0.39 is 0 Å². The third kappa shape index (κ3) is 2.53. The van der Waals surface area contributed by atoms with Crippen LogP contribution in [0, 0.1) is 0 Å². The van der Waals surface area contributed by atoms with E-state index in [0.29, 0.717) is 25.9 Å². The second-order valence-corrected chi connectivity index (χ2v) is 3.83. The van der Waals surface area contributed by atoms with Gasteiger partial charge in [-0.3, -0.25) is 9.78 Å². The molecule has 0 saturated carbocycles. The highest BCUT2D eigenvalue weighted by Crippen LogP contribution is 2.14. The summed E-state index contributed by atoms with van der Waals surface area (Å²) in [5, 5.41) is 9.47. The lowest BCUT2D eigenvalue weighted by Crippen LogP contribution is -2.41. The Kier molecular flexibility index (Phi) is 2.97. The zero-order chi connectivity index (χ0) is 10.7. The number of pyridine rings is 1. The van der Waals surface area contributed by atoms with E-state index in [-0.39, 0.29) is 12.0 Å². The summed E-state index contributed by atoms with van der Waals surface area (Å²) in [5.74, 6) is 0.115. The topological polar surface area (TPSA) is 53.4 Å². The Morgan fingerprint density at radius 1 is 1.60 bits per heavy atom. The van der Waals surface area contributed by atoms with E-state index in [4.69, 9.17) is 0 Å². The molecule has 0 radical (unpaired) electrons. The van der Waals surface area contributed by atoms with Crippen molar-refractivity contribution in [3.63, 3.8) is 0 Å². The molecule has 2 rings (SSSR count). The molecule has 0 spiro atoms. The first kappa shape index (κ1) is 10.1. The molecule has 0 aliphatic carbocycles. The number of amides is 1. The summed E-state index contributed by atoms with van der Waals surface area (Å²) in [6.45, 7) is 0.984. The number of carbonyl (C=O) groups is 1. The molecule has 15 heavy (non-hydrogen) atoms. The molecule has 1 aliphatic rings. The summed E-state index contributed by atoms with van der Waals surface area (Å²) in [6, 6.07) is 3.78. The third-order valence-electron chi connectivity index (χ3n) is 2.57. The number of likely N-dealkylation sites (tertiary alicyclic amines) is 1. The molecular formula is C11H14N2O2. The minimum atomic E-state index is -0.376. The molecule has 1 N–H and O–H groups in total. The van der Waals surface area contributed by atoms with Gasteiger partial charge in [0.15, 0.2) is 0 Å². The van der Waals surface area contributed by atoms with E-state index in [9.17, 15) is 9.90 Å². The van der Waals surface area contributed by atoms with E-state index in [1.54, 1.807) is 17.3 Å². The Labute approximate surface area is 88.6 Å². The van der Waals surface area contributed by atoms with Crippen LogP contribution >= 0.6 is 0 Å². The molecule has 1 aromatic rings. The van der Waals surface area contributed by atoms with E-state index in [0.717, 1.165) is 5.56 Å². The van der Waals surface area contributed by atoms with Crippen molar-refractivity contribution in [3.05, 3.63) is 30.1 Å². The summed E-state index contributed by atoms with van der Waals surface area (Å²) in [5.41, 5.74) is 1.000. The van der Waals surface area contributed by atoms with Gasteiger partial charge in [-0.05, 0) is 18.1 Å². The first-order valence-electron chi connectivity index (χ1n) is 5.10. The molecular weight excluding hydrogens is 192 g/mol. The Bertz CT molecular complexity index is 340. The average molecular weight is 206 g/mol. The fourth-order valence-corrected chi connectivity index (χ4v) is 1.76. The quantitative estimate of drug-likeness (QED) is 0.769. The lowest BCUT2D eigenvalue weighted by Gasteiger charge is -2.29. The summed E-state index contributed by atoms with van der Waals surface area (Å²) >= 11 is 0. The normalized spacial score (nSPS) is 21.8. The van der Waals surface area contributed by atoms with Crippen LogP contribution in [-0.4, -0.2) is 33.5 Å². The number of carbonyl (C=O) groups excluding carboxylic acids is 1. The van der Waals surface area contributed by atoms with Gasteiger partial charge < -0.3 is 10.0 Å². The van der Waals surface area contributed by atoms with Crippen molar-refractivity contribution < 1.29 is 9.90 Å². The van der Waals surface area contributed by atoms with Gasteiger partial charge in [-0.1, -0.05) is 6.07 Å². The van der Waals surface area contributed by atoms with Crippen molar-refractivity contribution >= 4 is 5.91 Å². The van der Waals surface area contributed by atoms with E-state index >= 15 is 0 Å². The molecule has 80 valence electrons. The van der Waals surface area contributed by atoms with Crippen LogP contribution in [0.15, 0.2) is 24.5 Å². The predicted molar refractivity (Wildman–Crippen MR) is 54.9 cm³/mol. The van der Waals surface area contributed by atoms with Crippen LogP contribution in [0.3, 0.4) is 0 Å². The number of aliphatic hydroxyl groups is 1. The molecule has 0 aromatic carbocycles. The molecule has 1 unspecified atom stereocenters. The molecule has 1 saturated heterocycles. The number of aromatic nitrogens is 1. The molecule has 1 atom stereocenters. The average Bonchev–Trinajstić information content (AvgIpc) is 2.25. The first-order chi connectivity index (χ1) is 7.25. The number of hydrogen-bond acceptors (Lipinski definition) is 3. The second-order valence-electron chi connectivity index (χ2n) is 3.83. The van der Waals surface area contributed by atoms with Crippen molar-refractivity contribution in [2.24, 2.45) is 0 Å². The van der Waals surface area contributed by atoms with Crippen LogP contribution in [0.2, 0.25) is 0 Å². The smallest absolute Gasteiger partial charge is 0.223 e. The van der Waals surface area contributed by atoms with Gasteiger partial charge >= 0.3 is 0 Å². The van der Waals surface area contributed by atoms with E-state index in [1.807, 2.05) is 12.1 Å². The lowest BCUT2D eigenvalue weighted by molar-refractivity contribution is -0.137. The highest BCUT2D eigenvalue weighted by Gasteiger charge is 2.23. The Morgan fingerprint density at radius 3 is 3.20 bits per heavy atom. The van der Waals surface area contributed by atoms with Crippen molar-refractivity contribution in [1.29, 1.82) is 0 Å². The number of aliphatic hydroxyl groups excluding tert-OH is 1. The van der Waals surface area contributed by atoms with Gasteiger partial charge in [-0.15, -0.1) is 0 Å². The molecule has 1 aromatic heterocycles. The summed E-state index contributed by atoms with van der Waals surface area (Å²) in [7, 11) is 0. The second kappa shape index (κ2) is 4.40. The maximum Gasteiger partial charge on any atom is 0.223 e. The predicted octanol–water partition coefficient (Wildman–Crippen LogP) is 0.565. The number of β-amino-alcohol motifs (C(OH)–C–C–N with tert-alkyl or cyclic N) is 1. The Hall–Kier alpha value is -1.42. The van der Waals surface area contributed by atoms with Crippen LogP contribution in [0.4, 0.5) is 0 Å². The molecule has 2 heterocycles. The zero-order valence-electron chi connectivity index (χ0n) is 8.47. The van der Waals surface area contributed by atoms with Crippen LogP contribution < -0.4 is 0 Å². The fourth-order valence-electron chi connectivity index (χ4n) is 1.76. The van der Waals surface area contributed by atoms with Gasteiger partial charge in [0.05, 0.1) is 6.10 Å². The maximum absolute atomic E-state index is 11.5. The van der Waals surface area contributed by atoms with Crippen LogP contribution in [0.1, 0.15) is 18.4 Å². The lowest BCUT2D eigenvalue weighted by atomic mass is 10.1. The number of piperidine rings is 1. The van der Waals surface area contributed by atoms with Gasteiger partial charge in [-0.25, -0.2) is 0 Å². The van der Waals surface area contributed by atoms with Gasteiger partial charge in [0, 0.05) is 31.9 Å². The monoisotopic (exact) mass is 206 g/mol. The number of rotatable bonds is 2. The van der Waals surface area contributed by atoms with E-state index in [2.05, 4.69) is 4.98 Å². The summed E-state index contributed by atoms with van der Waals surface area (Å²) < 4.78 is 0. The number of hydrogen-bond donors (Lipinski definition) is 1. The molecule has 0 bridgehead atoms. The number of nitrogens with zero attached hydrogens (tertiary/aromatic N) is 2. The standard InChI is InChI=1S/C11H14N2O2/c14-10-3-4-11(15)13(8-10)7-9-2-1-5-12-6-9/h1-2,5-6,10,14H,3-4,7-8H2. The Morgan fingerprint density at radius 2 is 2.47 bits per heavy atom. The van der Waals surface area contributed by atoms with Crippen molar-refractivity contribution in [1.82, 2.24) is 9.88 Å². The van der Waals surface area contributed by atoms with Gasteiger partial charge in [0.1, 0.15) is 0 Å². The molecule has 1 fully saturated rings. The molecule has 1 amide bonds. The van der Waals surface area contributed by atoms with E-state index in [1.165, 1.54) is 0 Å². The molecule has 4 nitrogen and oxygen atoms in total. The Balaban J connectivity index is 2.01. The minimum absolute atomic E-state index is 0.115. The van der Waals surface area contributed by atoms with Crippen LogP contribution in [-0.2, 0) is 11.3 Å². The van der Waals surface area contributed by atoms with Crippen molar-refractivity contribution in [2.75, 3.05) is 6.54 Å². The maximum atomic E-state index is 11.5. The minimum Gasteiger partial charge on any atom is -0.391 e. The van der Waals surface area contributed by atoms with Gasteiger partial charge in [-0.2, -0.15) is 0 Å². The van der Waals surface area contributed by atoms with Gasteiger partial charge in [0.25, 0.3) is 0 Å².